The maximum atomic E-state index is 9.38. The number of carbonyl (C=O) groups excluding carboxylic acids is 1. The Labute approximate surface area is 105 Å². The van der Waals surface area contributed by atoms with Crippen molar-refractivity contribution < 1.29 is 75.3 Å². The average molecular weight is 543 g/mol. The number of aliphatic hydroxyl groups is 1. The van der Waals surface area contributed by atoms with E-state index in [1.807, 2.05) is 0 Å². The third-order valence-electron chi connectivity index (χ3n) is 0.482. The second-order valence-electron chi connectivity index (χ2n) is 1.00. The van der Waals surface area contributed by atoms with Gasteiger partial charge in [-0.1, -0.05) is 5.76 Å². The second-order valence-corrected chi connectivity index (χ2v) is 1.00. The normalized spacial score (nSPS) is 7.90. The zero-order chi connectivity index (χ0) is 5.70. The molecule has 0 fully saturated rings. The van der Waals surface area contributed by atoms with E-state index in [-0.39, 0.29) is 77.6 Å². The average Bonchev–Trinajstić information content (AvgIpc) is 1.68. The number of hydrogen-bond acceptors (Lipinski definition) is 2. The van der Waals surface area contributed by atoms with Crippen molar-refractivity contribution in [2.45, 2.75) is 6.42 Å². The molecule has 1 N–H and O–H groups in total. The Hall–Kier alpha value is 0.418. The number of rotatable bonds is 2. The minimum absolute atomic E-state index is 0. The molecule has 0 amide bonds. The summed E-state index contributed by atoms with van der Waals surface area (Å²) >= 11 is 0. The van der Waals surface area contributed by atoms with E-state index < -0.39 is 0 Å². The fourth-order valence-corrected chi connectivity index (χ4v) is 0.140. The van der Waals surface area contributed by atoms with Crippen molar-refractivity contribution in [3.05, 3.63) is 18.8 Å². The molecular weight excluding hydrogens is 537 g/mol. The number of hydrogen-bond donors (Lipinski definition) is 1. The molecule has 0 aromatic rings. The summed E-state index contributed by atoms with van der Waals surface area (Å²) in [6.07, 6.45) is 2.61. The van der Waals surface area contributed by atoms with Crippen molar-refractivity contribution in [1.29, 1.82) is 0 Å². The Morgan fingerprint density at radius 1 is 1.60 bits per heavy atom. The van der Waals surface area contributed by atoms with Gasteiger partial charge in [0.15, 0.2) is 0 Å². The molecular formula is C5H6O2RfY2-2. The van der Waals surface area contributed by atoms with Crippen molar-refractivity contribution in [1.82, 2.24) is 0 Å². The zero-order valence-electron chi connectivity index (χ0n) is 5.71. The van der Waals surface area contributed by atoms with E-state index in [0.717, 1.165) is 6.08 Å². The molecule has 0 spiro atoms. The molecule has 0 bridgehead atoms. The molecule has 0 aliphatic heterocycles. The van der Waals surface area contributed by atoms with E-state index >= 15 is 0 Å². The van der Waals surface area contributed by atoms with Crippen molar-refractivity contribution in [3.63, 3.8) is 0 Å². The van der Waals surface area contributed by atoms with E-state index in [1.165, 1.54) is 6.29 Å². The van der Waals surface area contributed by atoms with E-state index in [0.29, 0.717) is 0 Å². The molecule has 0 unspecified atom stereocenters. The minimum Gasteiger partial charge on any atom is -0.599 e. The third kappa shape index (κ3) is 15.8. The summed E-state index contributed by atoms with van der Waals surface area (Å²) in [6, 6.07) is 0. The Morgan fingerprint density at radius 2 is 2.00 bits per heavy atom. The van der Waals surface area contributed by atoms with Gasteiger partial charge < -0.3 is 16.8 Å². The standard InChI is InChI=1S/C5H6O2.Rf.2Y/c1-2-5(7)3-4-6;;;/h3,7H,1-2H2;;;/q-2;;;/b5-3-;;;. The number of allylic oxidation sites excluding steroid dienone is 2. The van der Waals surface area contributed by atoms with Crippen molar-refractivity contribution in [2.75, 3.05) is 0 Å². The summed E-state index contributed by atoms with van der Waals surface area (Å²) in [5.74, 6) is -0.0324. The van der Waals surface area contributed by atoms with Crippen LogP contribution >= 0.6 is 0 Å². The molecule has 0 aromatic carbocycles. The first-order valence-electron chi connectivity index (χ1n) is 1.86. The SMILES string of the molecule is [CH2-]C/C(O)=C/[C-]=O.[Rf].[Y].[Y]. The Morgan fingerprint density at radius 3 is 2.10 bits per heavy atom. The molecule has 0 heterocycles. The summed E-state index contributed by atoms with van der Waals surface area (Å²) in [5.41, 5.74) is 0. The molecule has 2 nitrogen and oxygen atoms in total. The Bertz CT molecular complexity index is 95.6. The van der Waals surface area contributed by atoms with Crippen LogP contribution in [0.4, 0.5) is 0 Å². The van der Waals surface area contributed by atoms with Gasteiger partial charge in [-0.2, -0.15) is 12.5 Å². The van der Waals surface area contributed by atoms with Gasteiger partial charge >= 0.3 is 0 Å². The maximum absolute atomic E-state index is 9.38. The Balaban J connectivity index is -0.0000000600. The van der Waals surface area contributed by atoms with Crippen LogP contribution < -0.4 is 0 Å². The molecule has 10 heavy (non-hydrogen) atoms. The largest absolute Gasteiger partial charge is 0.599 e. The molecule has 0 atom stereocenters. The summed E-state index contributed by atoms with van der Waals surface area (Å²) in [7, 11) is 0. The quantitative estimate of drug-likeness (QED) is 0.318. The van der Waals surface area contributed by atoms with Crippen LogP contribution in [-0.4, -0.2) is 11.4 Å². The van der Waals surface area contributed by atoms with Gasteiger partial charge in [0.1, 0.15) is 0 Å². The van der Waals surface area contributed by atoms with Crippen molar-refractivity contribution >= 4 is 6.29 Å². The molecule has 0 saturated heterocycles. The second kappa shape index (κ2) is 16.2. The summed E-state index contributed by atoms with van der Waals surface area (Å²) in [6.45, 7) is 3.31. The van der Waals surface area contributed by atoms with Crippen LogP contribution in [0.25, 0.3) is 0 Å². The third-order valence-corrected chi connectivity index (χ3v) is 0.482. The molecule has 5 heteroatoms. The topological polar surface area (TPSA) is 37.3 Å². The van der Waals surface area contributed by atoms with Gasteiger partial charge in [-0.15, -0.1) is 0 Å². The van der Waals surface area contributed by atoms with Crippen molar-refractivity contribution in [3.8, 4) is 0 Å². The molecule has 0 saturated carbocycles. The van der Waals surface area contributed by atoms with Crippen LogP contribution in [0.5, 0.6) is 0 Å². The predicted octanol–water partition coefficient (Wildman–Crippen LogP) is 0.757. The first-order valence-corrected chi connectivity index (χ1v) is 1.86. The predicted molar refractivity (Wildman–Crippen MR) is 26.4 cm³/mol. The van der Waals surface area contributed by atoms with Gasteiger partial charge in [0.25, 0.3) is 0 Å². The van der Waals surface area contributed by atoms with E-state index in [4.69, 9.17) is 5.11 Å². The van der Waals surface area contributed by atoms with Crippen LogP contribution in [-0.2, 0) is 70.2 Å². The van der Waals surface area contributed by atoms with E-state index in [9.17, 15) is 4.79 Å². The van der Waals surface area contributed by atoms with Gasteiger partial charge in [-0.3, -0.25) is 0 Å². The summed E-state index contributed by atoms with van der Waals surface area (Å²) in [4.78, 5) is 9.38. The summed E-state index contributed by atoms with van der Waals surface area (Å²) in [5, 5.41) is 8.39. The molecule has 2 radical (unpaired) electrons. The maximum Gasteiger partial charge on any atom is 0 e. The van der Waals surface area contributed by atoms with E-state index in [2.05, 4.69) is 6.92 Å². The van der Waals surface area contributed by atoms with Gasteiger partial charge in [0.05, 0.1) is 0 Å². The fraction of sp³-hybridized carbons (Fsp3) is 0.200. The fourth-order valence-electron chi connectivity index (χ4n) is 0.140. The van der Waals surface area contributed by atoms with Gasteiger partial charge in [-0.25, -0.2) is 0 Å². The monoisotopic (exact) mass is 543 g/mol. The molecule has 48 valence electrons. The zero-order valence-corrected chi connectivity index (χ0v) is 17.8. The first-order chi connectivity index (χ1) is 3.31. The van der Waals surface area contributed by atoms with Crippen molar-refractivity contribution in [2.24, 2.45) is 0 Å². The molecule has 0 aliphatic carbocycles. The molecule has 0 aliphatic rings. The molecule has 0 aromatic heterocycles. The number of aliphatic hydroxyl groups excluding tert-OH is 1. The van der Waals surface area contributed by atoms with Gasteiger partial charge in [0.2, 0.25) is 0 Å². The van der Waals surface area contributed by atoms with Crippen LogP contribution in [0.15, 0.2) is 11.8 Å². The van der Waals surface area contributed by atoms with Gasteiger partial charge in [0, 0.05) is 65.4 Å². The Kier molecular flexibility index (Phi) is 36.3. The first kappa shape index (κ1) is 22.4. The summed E-state index contributed by atoms with van der Waals surface area (Å²) < 4.78 is 0. The smallest absolute Gasteiger partial charge is 0 e. The van der Waals surface area contributed by atoms with Crippen LogP contribution in [0.2, 0.25) is 0 Å². The minimum atomic E-state index is -0.0324. The molecule has 0 rings (SSSR count). The van der Waals surface area contributed by atoms with E-state index in [1.54, 1.807) is 0 Å². The van der Waals surface area contributed by atoms with Gasteiger partial charge in [-0.05, 0) is 6.29 Å². The van der Waals surface area contributed by atoms with Crippen LogP contribution in [0, 0.1) is 6.92 Å². The van der Waals surface area contributed by atoms with Crippen LogP contribution in [0.1, 0.15) is 6.42 Å². The van der Waals surface area contributed by atoms with Crippen LogP contribution in [0.3, 0.4) is 0 Å².